The van der Waals surface area contributed by atoms with E-state index in [1.807, 2.05) is 0 Å². The predicted molar refractivity (Wildman–Crippen MR) is 84.6 cm³/mol. The Kier molecular flexibility index (Phi) is 4.10. The summed E-state index contributed by atoms with van der Waals surface area (Å²) >= 11 is 0. The van der Waals surface area contributed by atoms with Gasteiger partial charge in [0, 0.05) is 49.9 Å². The van der Waals surface area contributed by atoms with Crippen molar-refractivity contribution in [3.8, 4) is 0 Å². The Balaban J connectivity index is 2.00. The third-order valence-corrected chi connectivity index (χ3v) is 4.95. The summed E-state index contributed by atoms with van der Waals surface area (Å²) in [5, 5.41) is 3.46. The monoisotopic (exact) mass is 291 g/mol. The molecular formula is C17H29N3O. The summed E-state index contributed by atoms with van der Waals surface area (Å²) in [5.41, 5.74) is 2.83. The number of nitrogens with one attached hydrogen (secondary N) is 1. The normalized spacial score (nSPS) is 22.1. The highest BCUT2D eigenvalue weighted by Crippen LogP contribution is 2.35. The van der Waals surface area contributed by atoms with Crippen molar-refractivity contribution >= 4 is 0 Å². The molecule has 1 aromatic heterocycles. The van der Waals surface area contributed by atoms with Crippen LogP contribution in [0.25, 0.3) is 0 Å². The first kappa shape index (κ1) is 15.0. The molecule has 0 saturated carbocycles. The predicted octanol–water partition coefficient (Wildman–Crippen LogP) is 2.81. The molecule has 2 aliphatic rings. The summed E-state index contributed by atoms with van der Waals surface area (Å²) in [7, 11) is 0. The van der Waals surface area contributed by atoms with Crippen molar-refractivity contribution in [3.63, 3.8) is 0 Å². The Morgan fingerprint density at radius 1 is 1.29 bits per heavy atom. The fourth-order valence-electron chi connectivity index (χ4n) is 3.71. The van der Waals surface area contributed by atoms with E-state index < -0.39 is 0 Å². The molecule has 0 amide bonds. The molecule has 4 heteroatoms. The summed E-state index contributed by atoms with van der Waals surface area (Å²) < 4.78 is 8.12. The van der Waals surface area contributed by atoms with E-state index in [1.165, 1.54) is 30.1 Å². The zero-order valence-electron chi connectivity index (χ0n) is 13.9. The van der Waals surface area contributed by atoms with Crippen LogP contribution in [0.4, 0.5) is 0 Å². The standard InChI is InChI=1S/C17H29N3O/c1-12(13-6-9-21-10-7-13)20-15-5-8-18-11-14(15)19-16(20)17(2,3)4/h12-13,18H,5-11H2,1-4H3. The van der Waals surface area contributed by atoms with Crippen molar-refractivity contribution < 1.29 is 4.74 Å². The van der Waals surface area contributed by atoms with Gasteiger partial charge in [0.25, 0.3) is 0 Å². The first-order valence-corrected chi connectivity index (χ1v) is 8.37. The second-order valence-electron chi connectivity index (χ2n) is 7.57. The van der Waals surface area contributed by atoms with E-state index in [0.717, 1.165) is 32.7 Å². The van der Waals surface area contributed by atoms with E-state index in [-0.39, 0.29) is 5.41 Å². The Morgan fingerprint density at radius 2 is 2.00 bits per heavy atom. The van der Waals surface area contributed by atoms with Gasteiger partial charge in [0.15, 0.2) is 0 Å². The largest absolute Gasteiger partial charge is 0.381 e. The van der Waals surface area contributed by atoms with Gasteiger partial charge in [0.05, 0.1) is 5.69 Å². The third kappa shape index (κ3) is 2.88. The molecule has 2 aliphatic heterocycles. The molecule has 1 saturated heterocycles. The van der Waals surface area contributed by atoms with E-state index in [4.69, 9.17) is 9.72 Å². The van der Waals surface area contributed by atoms with Crippen LogP contribution >= 0.6 is 0 Å². The summed E-state index contributed by atoms with van der Waals surface area (Å²) in [5.74, 6) is 1.98. The van der Waals surface area contributed by atoms with Gasteiger partial charge >= 0.3 is 0 Å². The van der Waals surface area contributed by atoms with Gasteiger partial charge in [-0.3, -0.25) is 0 Å². The van der Waals surface area contributed by atoms with Gasteiger partial charge < -0.3 is 14.6 Å². The maximum Gasteiger partial charge on any atom is 0.114 e. The van der Waals surface area contributed by atoms with Crippen LogP contribution in [0.15, 0.2) is 0 Å². The van der Waals surface area contributed by atoms with E-state index in [1.54, 1.807) is 0 Å². The Hall–Kier alpha value is -0.870. The summed E-state index contributed by atoms with van der Waals surface area (Å²) in [6.07, 6.45) is 3.46. The van der Waals surface area contributed by atoms with Crippen LogP contribution in [0.3, 0.4) is 0 Å². The van der Waals surface area contributed by atoms with Gasteiger partial charge in [-0.2, -0.15) is 0 Å². The maximum absolute atomic E-state index is 5.54. The fraction of sp³-hybridized carbons (Fsp3) is 0.824. The molecule has 0 aliphatic carbocycles. The van der Waals surface area contributed by atoms with Gasteiger partial charge in [-0.25, -0.2) is 4.98 Å². The average molecular weight is 291 g/mol. The molecule has 4 nitrogen and oxygen atoms in total. The number of hydrogen-bond acceptors (Lipinski definition) is 3. The van der Waals surface area contributed by atoms with Crippen LogP contribution in [-0.4, -0.2) is 29.3 Å². The molecule has 0 aromatic carbocycles. The molecule has 0 spiro atoms. The number of hydrogen-bond donors (Lipinski definition) is 1. The first-order chi connectivity index (χ1) is 9.98. The van der Waals surface area contributed by atoms with Crippen LogP contribution in [0.2, 0.25) is 0 Å². The molecule has 1 unspecified atom stereocenters. The van der Waals surface area contributed by atoms with Crippen molar-refractivity contribution in [2.75, 3.05) is 19.8 Å². The highest BCUT2D eigenvalue weighted by atomic mass is 16.5. The summed E-state index contributed by atoms with van der Waals surface area (Å²) in [4.78, 5) is 5.01. The van der Waals surface area contributed by atoms with E-state index in [9.17, 15) is 0 Å². The van der Waals surface area contributed by atoms with Crippen LogP contribution in [0.5, 0.6) is 0 Å². The third-order valence-electron chi connectivity index (χ3n) is 4.95. The highest BCUT2D eigenvalue weighted by molar-refractivity contribution is 5.24. The van der Waals surface area contributed by atoms with Crippen molar-refractivity contribution in [3.05, 3.63) is 17.2 Å². The van der Waals surface area contributed by atoms with E-state index in [2.05, 4.69) is 37.6 Å². The number of aromatic nitrogens is 2. The van der Waals surface area contributed by atoms with Gasteiger partial charge in [0.1, 0.15) is 5.82 Å². The minimum absolute atomic E-state index is 0.0940. The average Bonchev–Trinajstić information content (AvgIpc) is 2.87. The molecular weight excluding hydrogens is 262 g/mol. The number of fused-ring (bicyclic) bond motifs is 1. The molecule has 3 heterocycles. The Bertz CT molecular complexity index is 495. The minimum atomic E-state index is 0.0940. The fourth-order valence-corrected chi connectivity index (χ4v) is 3.71. The molecule has 0 bridgehead atoms. The molecule has 21 heavy (non-hydrogen) atoms. The molecule has 3 rings (SSSR count). The van der Waals surface area contributed by atoms with Gasteiger partial charge in [-0.15, -0.1) is 0 Å². The molecule has 1 aromatic rings. The zero-order chi connectivity index (χ0) is 15.0. The molecule has 1 atom stereocenters. The minimum Gasteiger partial charge on any atom is -0.381 e. The van der Waals surface area contributed by atoms with Crippen molar-refractivity contribution in [2.24, 2.45) is 5.92 Å². The van der Waals surface area contributed by atoms with Crippen molar-refractivity contribution in [1.29, 1.82) is 0 Å². The smallest absolute Gasteiger partial charge is 0.114 e. The lowest BCUT2D eigenvalue weighted by molar-refractivity contribution is 0.0501. The molecule has 0 radical (unpaired) electrons. The Morgan fingerprint density at radius 3 is 2.67 bits per heavy atom. The molecule has 1 fully saturated rings. The second-order valence-corrected chi connectivity index (χ2v) is 7.57. The van der Waals surface area contributed by atoms with Crippen molar-refractivity contribution in [2.45, 2.75) is 65.0 Å². The summed E-state index contributed by atoms with van der Waals surface area (Å²) in [6.45, 7) is 13.0. The molecule has 118 valence electrons. The van der Waals surface area contributed by atoms with Crippen LogP contribution in [0, 0.1) is 5.92 Å². The topological polar surface area (TPSA) is 39.1 Å². The molecule has 1 N–H and O–H groups in total. The summed E-state index contributed by atoms with van der Waals surface area (Å²) in [6, 6.07) is 0.525. The number of ether oxygens (including phenoxy) is 1. The van der Waals surface area contributed by atoms with Gasteiger partial charge in [0.2, 0.25) is 0 Å². The SMILES string of the molecule is CC(C1CCOCC1)n1c(C(C)(C)C)nc2c1CCNC2. The number of rotatable bonds is 2. The lowest BCUT2D eigenvalue weighted by Crippen LogP contribution is -2.31. The van der Waals surface area contributed by atoms with Crippen molar-refractivity contribution in [1.82, 2.24) is 14.9 Å². The van der Waals surface area contributed by atoms with E-state index >= 15 is 0 Å². The number of nitrogens with zero attached hydrogens (tertiary/aromatic N) is 2. The Labute approximate surface area is 128 Å². The van der Waals surface area contributed by atoms with Crippen LogP contribution < -0.4 is 5.32 Å². The quantitative estimate of drug-likeness (QED) is 0.910. The lowest BCUT2D eigenvalue weighted by Gasteiger charge is -2.33. The maximum atomic E-state index is 5.54. The van der Waals surface area contributed by atoms with Crippen LogP contribution in [0.1, 0.15) is 63.8 Å². The van der Waals surface area contributed by atoms with Gasteiger partial charge in [-0.05, 0) is 25.7 Å². The van der Waals surface area contributed by atoms with Crippen LogP contribution in [-0.2, 0) is 23.1 Å². The highest BCUT2D eigenvalue weighted by Gasteiger charge is 2.32. The lowest BCUT2D eigenvalue weighted by atomic mass is 9.90. The van der Waals surface area contributed by atoms with Gasteiger partial charge in [-0.1, -0.05) is 20.8 Å². The second kappa shape index (κ2) is 5.73. The number of imidazole rings is 1. The van der Waals surface area contributed by atoms with E-state index in [0.29, 0.717) is 12.0 Å². The zero-order valence-corrected chi connectivity index (χ0v) is 13.9. The first-order valence-electron chi connectivity index (χ1n) is 8.37.